The lowest BCUT2D eigenvalue weighted by atomic mass is 10.1. The van der Waals surface area contributed by atoms with Crippen LogP contribution in [-0.4, -0.2) is 17.7 Å². The van der Waals surface area contributed by atoms with Gasteiger partial charge in [-0.1, -0.05) is 0 Å². The van der Waals surface area contributed by atoms with Crippen LogP contribution in [0.3, 0.4) is 0 Å². The minimum atomic E-state index is -3.09. The molecule has 18 heavy (non-hydrogen) atoms. The van der Waals surface area contributed by atoms with Crippen molar-refractivity contribution in [1.82, 2.24) is 0 Å². The van der Waals surface area contributed by atoms with Gasteiger partial charge in [0.1, 0.15) is 5.75 Å². The summed E-state index contributed by atoms with van der Waals surface area (Å²) in [7, 11) is 0. The first kappa shape index (κ1) is 13.8. The van der Waals surface area contributed by atoms with Crippen LogP contribution in [0.2, 0.25) is 0 Å². The smallest absolute Gasteiger partial charge is 0.387 e. The predicted molar refractivity (Wildman–Crippen MR) is 62.3 cm³/mol. The van der Waals surface area contributed by atoms with E-state index in [0.29, 0.717) is 5.70 Å². The molecule has 0 heterocycles. The normalized spacial score (nSPS) is 11.7. The average Bonchev–Trinajstić information content (AvgIpc) is 2.22. The molecule has 5 nitrogen and oxygen atoms in total. The van der Waals surface area contributed by atoms with Gasteiger partial charge in [-0.25, -0.2) is 4.79 Å². The van der Waals surface area contributed by atoms with Crippen molar-refractivity contribution < 1.29 is 23.4 Å². The average molecular weight is 258 g/mol. The highest BCUT2D eigenvalue weighted by molar-refractivity contribution is 5.91. The molecule has 7 heteroatoms. The van der Waals surface area contributed by atoms with Gasteiger partial charge in [0.15, 0.2) is 0 Å². The molecule has 0 spiro atoms. The number of carboxylic acid groups (broad SMARTS) is 1. The minimum absolute atomic E-state index is 0.0925. The molecule has 0 radical (unpaired) electrons. The number of hydrogen-bond acceptors (Lipinski definition) is 4. The summed E-state index contributed by atoms with van der Waals surface area (Å²) in [4.78, 5) is 10.9. The van der Waals surface area contributed by atoms with E-state index in [2.05, 4.69) is 4.74 Å². The summed E-state index contributed by atoms with van der Waals surface area (Å²) in [6.45, 7) is -1.53. The van der Waals surface area contributed by atoms with Gasteiger partial charge >= 0.3 is 12.6 Å². The van der Waals surface area contributed by atoms with Gasteiger partial charge in [-0.05, 0) is 25.1 Å². The van der Waals surface area contributed by atoms with Gasteiger partial charge in [0.2, 0.25) is 0 Å². The topological polar surface area (TPSA) is 98.6 Å². The summed E-state index contributed by atoms with van der Waals surface area (Å²) in [5, 5.41) is 8.86. The number of anilines is 1. The molecule has 0 aromatic heterocycles. The summed E-state index contributed by atoms with van der Waals surface area (Å²) in [6, 6.07) is 2.17. The van der Waals surface area contributed by atoms with Crippen molar-refractivity contribution in [1.29, 1.82) is 0 Å². The zero-order chi connectivity index (χ0) is 13.9. The van der Waals surface area contributed by atoms with Gasteiger partial charge in [-0.2, -0.15) is 8.78 Å². The summed E-state index contributed by atoms with van der Waals surface area (Å²) in [6.07, 6.45) is 1.38. The van der Waals surface area contributed by atoms with E-state index < -0.39 is 18.3 Å². The number of hydrogen-bond donors (Lipinski definition) is 3. The lowest BCUT2D eigenvalue weighted by Crippen LogP contribution is -2.08. The van der Waals surface area contributed by atoms with Crippen LogP contribution >= 0.6 is 0 Å². The van der Waals surface area contributed by atoms with Crippen LogP contribution in [0.1, 0.15) is 22.8 Å². The van der Waals surface area contributed by atoms with E-state index in [1.165, 1.54) is 12.1 Å². The fraction of sp³-hybridized carbons (Fsp3) is 0.182. The van der Waals surface area contributed by atoms with E-state index in [1.807, 2.05) is 0 Å². The van der Waals surface area contributed by atoms with Crippen LogP contribution in [0.25, 0.3) is 6.08 Å². The largest absolute Gasteiger partial charge is 0.478 e. The van der Waals surface area contributed by atoms with Gasteiger partial charge < -0.3 is 21.3 Å². The lowest BCUT2D eigenvalue weighted by Gasteiger charge is -2.11. The molecule has 5 N–H and O–H groups in total. The van der Waals surface area contributed by atoms with Crippen LogP contribution in [0.5, 0.6) is 5.75 Å². The summed E-state index contributed by atoms with van der Waals surface area (Å²) < 4.78 is 28.5. The minimum Gasteiger partial charge on any atom is -0.478 e. The Morgan fingerprint density at radius 3 is 2.56 bits per heavy atom. The number of carbonyl (C=O) groups is 1. The molecule has 0 saturated heterocycles. The number of aromatic carboxylic acids is 1. The Hall–Kier alpha value is -2.31. The SMILES string of the molecule is C/C(N)=C/c1cc(C(=O)O)cc(OC(F)F)c1N. The van der Waals surface area contributed by atoms with Gasteiger partial charge in [0.25, 0.3) is 0 Å². The number of rotatable bonds is 4. The van der Waals surface area contributed by atoms with Crippen molar-refractivity contribution in [2.24, 2.45) is 5.73 Å². The fourth-order valence-corrected chi connectivity index (χ4v) is 1.33. The number of ether oxygens (including phenoxy) is 1. The highest BCUT2D eigenvalue weighted by Gasteiger charge is 2.15. The van der Waals surface area contributed by atoms with Gasteiger partial charge in [0.05, 0.1) is 11.3 Å². The lowest BCUT2D eigenvalue weighted by molar-refractivity contribution is -0.0494. The second-order valence-corrected chi connectivity index (χ2v) is 3.55. The van der Waals surface area contributed by atoms with Crippen molar-refractivity contribution >= 4 is 17.7 Å². The monoisotopic (exact) mass is 258 g/mol. The summed E-state index contributed by atoms with van der Waals surface area (Å²) >= 11 is 0. The second-order valence-electron chi connectivity index (χ2n) is 3.55. The van der Waals surface area contributed by atoms with E-state index in [4.69, 9.17) is 16.6 Å². The first-order valence-electron chi connectivity index (χ1n) is 4.86. The molecule has 1 aromatic carbocycles. The summed E-state index contributed by atoms with van der Waals surface area (Å²) in [5.74, 6) is -1.67. The number of allylic oxidation sites excluding steroid dienone is 1. The zero-order valence-electron chi connectivity index (χ0n) is 9.48. The Kier molecular flexibility index (Phi) is 4.09. The number of carboxylic acids is 1. The van der Waals surface area contributed by atoms with Crippen molar-refractivity contribution in [3.05, 3.63) is 29.0 Å². The molecule has 0 saturated carbocycles. The van der Waals surface area contributed by atoms with Crippen molar-refractivity contribution in [3.8, 4) is 5.75 Å². The number of halogens is 2. The molecule has 98 valence electrons. The molecule has 0 aliphatic rings. The van der Waals surface area contributed by atoms with E-state index in [0.717, 1.165) is 6.07 Å². The Bertz CT molecular complexity index is 497. The Balaban J connectivity index is 3.37. The van der Waals surface area contributed by atoms with E-state index >= 15 is 0 Å². The van der Waals surface area contributed by atoms with Crippen LogP contribution in [-0.2, 0) is 0 Å². The molecule has 0 aliphatic heterocycles. The van der Waals surface area contributed by atoms with Crippen LogP contribution in [0, 0.1) is 0 Å². The molecule has 0 amide bonds. The Morgan fingerprint density at radius 1 is 1.50 bits per heavy atom. The number of nitrogens with two attached hydrogens (primary N) is 2. The maximum absolute atomic E-state index is 12.2. The fourth-order valence-electron chi connectivity index (χ4n) is 1.33. The molecule has 0 bridgehead atoms. The first-order chi connectivity index (χ1) is 8.31. The van der Waals surface area contributed by atoms with Crippen molar-refractivity contribution in [2.75, 3.05) is 5.73 Å². The molecular formula is C11H12F2N2O3. The van der Waals surface area contributed by atoms with Crippen LogP contribution in [0.4, 0.5) is 14.5 Å². The molecular weight excluding hydrogens is 246 g/mol. The molecule has 0 fully saturated rings. The molecule has 1 rings (SSSR count). The standard InChI is InChI=1S/C11H12F2N2O3/c1-5(14)2-6-3-7(10(16)17)4-8(9(6)15)18-11(12)13/h2-4,11H,14-15H2,1H3,(H,16,17)/b5-2-. The van der Waals surface area contributed by atoms with E-state index in [1.54, 1.807) is 6.92 Å². The van der Waals surface area contributed by atoms with Crippen molar-refractivity contribution in [3.63, 3.8) is 0 Å². The zero-order valence-corrected chi connectivity index (χ0v) is 9.48. The highest BCUT2D eigenvalue weighted by Crippen LogP contribution is 2.30. The predicted octanol–water partition coefficient (Wildman–Crippen LogP) is 1.89. The Morgan fingerprint density at radius 2 is 2.11 bits per heavy atom. The Labute approximate surface area is 102 Å². The van der Waals surface area contributed by atoms with E-state index in [-0.39, 0.29) is 16.8 Å². The highest BCUT2D eigenvalue weighted by atomic mass is 19.3. The second kappa shape index (κ2) is 5.35. The molecule has 1 aromatic rings. The van der Waals surface area contributed by atoms with E-state index in [9.17, 15) is 13.6 Å². The molecule has 0 unspecified atom stereocenters. The number of benzene rings is 1. The third-order valence-corrected chi connectivity index (χ3v) is 2.02. The first-order valence-corrected chi connectivity index (χ1v) is 4.86. The summed E-state index contributed by atoms with van der Waals surface area (Å²) in [5.41, 5.74) is 11.3. The third-order valence-electron chi connectivity index (χ3n) is 2.02. The van der Waals surface area contributed by atoms with Gasteiger partial charge in [0, 0.05) is 11.3 Å². The van der Waals surface area contributed by atoms with Gasteiger partial charge in [-0.15, -0.1) is 0 Å². The molecule has 0 aliphatic carbocycles. The van der Waals surface area contributed by atoms with Gasteiger partial charge in [-0.3, -0.25) is 0 Å². The van der Waals surface area contributed by atoms with Crippen molar-refractivity contribution in [2.45, 2.75) is 13.5 Å². The molecule has 0 atom stereocenters. The maximum atomic E-state index is 12.2. The van der Waals surface area contributed by atoms with Crippen LogP contribution < -0.4 is 16.2 Å². The maximum Gasteiger partial charge on any atom is 0.387 e. The third kappa shape index (κ3) is 3.34. The quantitative estimate of drug-likeness (QED) is 0.716. The van der Waals surface area contributed by atoms with Crippen LogP contribution in [0.15, 0.2) is 17.8 Å². The number of nitrogen functional groups attached to an aromatic ring is 1. The number of alkyl halides is 2.